The zero-order chi connectivity index (χ0) is 22.7. The summed E-state index contributed by atoms with van der Waals surface area (Å²) in [5.41, 5.74) is 3.56. The van der Waals surface area contributed by atoms with E-state index in [1.54, 1.807) is 0 Å². The molecule has 1 N–H and O–H groups in total. The first-order chi connectivity index (χ1) is 15.8. The molecule has 0 amide bonds. The van der Waals surface area contributed by atoms with Crippen LogP contribution in [0.2, 0.25) is 5.02 Å². The molecule has 2 unspecified atom stereocenters. The molecule has 4 atom stereocenters. The SMILES string of the molecule is C[C@]12CC3CC(NCc4c(OCc5ccccc5Cl)ccc5ccccc45)(C1)C[C@@](C)(C3)C2. The molecule has 0 radical (unpaired) electrons. The highest BCUT2D eigenvalue weighted by Gasteiger charge is 2.59. The predicted octanol–water partition coefficient (Wildman–Crippen LogP) is 7.91. The number of nitrogens with one attached hydrogen (secondary N) is 1. The summed E-state index contributed by atoms with van der Waals surface area (Å²) in [7, 11) is 0. The van der Waals surface area contributed by atoms with E-state index in [9.17, 15) is 0 Å². The van der Waals surface area contributed by atoms with Gasteiger partial charge in [-0.25, -0.2) is 0 Å². The third kappa shape index (κ3) is 3.96. The Labute approximate surface area is 202 Å². The summed E-state index contributed by atoms with van der Waals surface area (Å²) in [6.45, 7) is 6.41. The Morgan fingerprint density at radius 3 is 2.36 bits per heavy atom. The van der Waals surface area contributed by atoms with Crippen LogP contribution < -0.4 is 10.1 Å². The van der Waals surface area contributed by atoms with Crippen LogP contribution in [0.1, 0.15) is 63.5 Å². The Morgan fingerprint density at radius 1 is 0.879 bits per heavy atom. The molecule has 0 aromatic heterocycles. The lowest BCUT2D eigenvalue weighted by molar-refractivity contribution is -0.118. The second kappa shape index (κ2) is 7.75. The standard InChI is InChI=1S/C30H34ClNO/c1-28-13-21-14-29(2,18-28)20-30(15-21,19-28)32-16-25-24-9-5-3-7-22(24)11-12-27(25)33-17-23-8-4-6-10-26(23)31/h3-12,21,32H,13-20H2,1-2H3/t21?,28-,29+,30?. The summed E-state index contributed by atoms with van der Waals surface area (Å²) < 4.78 is 6.40. The Morgan fingerprint density at radius 2 is 1.61 bits per heavy atom. The van der Waals surface area contributed by atoms with Crippen molar-refractivity contribution in [2.75, 3.05) is 0 Å². The lowest BCUT2D eigenvalue weighted by atomic mass is 9.43. The number of ether oxygens (including phenoxy) is 1. The van der Waals surface area contributed by atoms with Crippen LogP contribution in [0.5, 0.6) is 5.75 Å². The van der Waals surface area contributed by atoms with Gasteiger partial charge in [-0.15, -0.1) is 0 Å². The number of hydrogen-bond acceptors (Lipinski definition) is 2. The van der Waals surface area contributed by atoms with E-state index in [-0.39, 0.29) is 5.54 Å². The van der Waals surface area contributed by atoms with Gasteiger partial charge in [0.15, 0.2) is 0 Å². The minimum atomic E-state index is 0.264. The molecule has 4 fully saturated rings. The Balaban J connectivity index is 1.30. The highest BCUT2D eigenvalue weighted by molar-refractivity contribution is 6.31. The number of rotatable bonds is 6. The number of fused-ring (bicyclic) bond motifs is 1. The Hall–Kier alpha value is -2.03. The van der Waals surface area contributed by atoms with E-state index >= 15 is 0 Å². The summed E-state index contributed by atoms with van der Waals surface area (Å²) in [6.07, 6.45) is 8.21. The fourth-order valence-corrected chi connectivity index (χ4v) is 8.52. The summed E-state index contributed by atoms with van der Waals surface area (Å²) in [4.78, 5) is 0. The van der Waals surface area contributed by atoms with Gasteiger partial charge in [0.1, 0.15) is 12.4 Å². The maximum absolute atomic E-state index is 6.40. The highest BCUT2D eigenvalue weighted by Crippen LogP contribution is 2.66. The van der Waals surface area contributed by atoms with Crippen molar-refractivity contribution in [2.45, 2.75) is 71.1 Å². The van der Waals surface area contributed by atoms with Crippen LogP contribution in [0.3, 0.4) is 0 Å². The molecule has 4 aliphatic rings. The molecule has 3 aromatic carbocycles. The molecule has 4 saturated carbocycles. The zero-order valence-electron chi connectivity index (χ0n) is 19.8. The second-order valence-electron chi connectivity index (χ2n) is 11.9. The van der Waals surface area contributed by atoms with Gasteiger partial charge >= 0.3 is 0 Å². The van der Waals surface area contributed by atoms with Gasteiger partial charge in [-0.3, -0.25) is 0 Å². The Kier molecular flexibility index (Phi) is 5.05. The van der Waals surface area contributed by atoms with Crippen LogP contribution in [0, 0.1) is 16.7 Å². The largest absolute Gasteiger partial charge is 0.488 e. The molecule has 0 aliphatic heterocycles. The highest BCUT2D eigenvalue weighted by atomic mass is 35.5. The van der Waals surface area contributed by atoms with E-state index in [1.165, 1.54) is 54.9 Å². The maximum atomic E-state index is 6.40. The summed E-state index contributed by atoms with van der Waals surface area (Å²) in [5.74, 6) is 1.84. The molecule has 4 aliphatic carbocycles. The second-order valence-corrected chi connectivity index (χ2v) is 12.3. The molecule has 4 bridgehead atoms. The van der Waals surface area contributed by atoms with Crippen molar-refractivity contribution in [3.05, 3.63) is 76.8 Å². The van der Waals surface area contributed by atoms with Gasteiger partial charge in [0, 0.05) is 28.2 Å². The third-order valence-corrected chi connectivity index (χ3v) is 8.97. The molecule has 2 nitrogen and oxygen atoms in total. The minimum Gasteiger partial charge on any atom is -0.488 e. The normalized spacial score (nSPS) is 32.4. The molecule has 0 spiro atoms. The van der Waals surface area contributed by atoms with Crippen molar-refractivity contribution in [3.8, 4) is 5.75 Å². The summed E-state index contributed by atoms with van der Waals surface area (Å²) in [6, 6.07) is 20.9. The van der Waals surface area contributed by atoms with E-state index in [0.717, 1.165) is 28.8 Å². The molecule has 0 heterocycles. The van der Waals surface area contributed by atoms with E-state index in [0.29, 0.717) is 17.4 Å². The summed E-state index contributed by atoms with van der Waals surface area (Å²) in [5, 5.41) is 7.44. The first kappa shape index (κ1) is 21.5. The van der Waals surface area contributed by atoms with Gasteiger partial charge in [-0.1, -0.05) is 74.0 Å². The van der Waals surface area contributed by atoms with E-state index in [1.807, 2.05) is 24.3 Å². The topological polar surface area (TPSA) is 21.3 Å². The van der Waals surface area contributed by atoms with Gasteiger partial charge in [0.25, 0.3) is 0 Å². The quantitative estimate of drug-likeness (QED) is 0.404. The van der Waals surface area contributed by atoms with Gasteiger partial charge in [0.05, 0.1) is 0 Å². The third-order valence-electron chi connectivity index (χ3n) is 8.61. The minimum absolute atomic E-state index is 0.264. The average Bonchev–Trinajstić information content (AvgIpc) is 2.75. The van der Waals surface area contributed by atoms with Crippen LogP contribution >= 0.6 is 11.6 Å². The van der Waals surface area contributed by atoms with Crippen molar-refractivity contribution in [2.24, 2.45) is 16.7 Å². The fourth-order valence-electron chi connectivity index (χ4n) is 8.33. The van der Waals surface area contributed by atoms with Crippen molar-refractivity contribution >= 4 is 22.4 Å². The van der Waals surface area contributed by atoms with Gasteiger partial charge in [-0.2, -0.15) is 0 Å². The monoisotopic (exact) mass is 459 g/mol. The van der Waals surface area contributed by atoms with Crippen LogP contribution in [0.4, 0.5) is 0 Å². The summed E-state index contributed by atoms with van der Waals surface area (Å²) >= 11 is 6.40. The molecular formula is C30H34ClNO. The van der Waals surface area contributed by atoms with Crippen molar-refractivity contribution in [1.29, 1.82) is 0 Å². The number of halogens is 1. The molecular weight excluding hydrogens is 426 g/mol. The lowest BCUT2D eigenvalue weighted by Crippen LogP contribution is -2.63. The van der Waals surface area contributed by atoms with E-state index < -0.39 is 0 Å². The molecule has 3 heteroatoms. The van der Waals surface area contributed by atoms with Crippen LogP contribution in [-0.2, 0) is 13.2 Å². The lowest BCUT2D eigenvalue weighted by Gasteiger charge is -2.65. The zero-order valence-corrected chi connectivity index (χ0v) is 20.5. The van der Waals surface area contributed by atoms with Crippen LogP contribution in [-0.4, -0.2) is 5.54 Å². The molecule has 0 saturated heterocycles. The van der Waals surface area contributed by atoms with Gasteiger partial charge in [0.2, 0.25) is 0 Å². The first-order valence-electron chi connectivity index (χ1n) is 12.5. The predicted molar refractivity (Wildman–Crippen MR) is 137 cm³/mol. The average molecular weight is 460 g/mol. The van der Waals surface area contributed by atoms with E-state index in [4.69, 9.17) is 16.3 Å². The smallest absolute Gasteiger partial charge is 0.124 e. The van der Waals surface area contributed by atoms with Gasteiger partial charge in [-0.05, 0) is 78.2 Å². The van der Waals surface area contributed by atoms with Crippen molar-refractivity contribution < 1.29 is 4.74 Å². The number of benzene rings is 3. The molecule has 33 heavy (non-hydrogen) atoms. The number of hydrogen-bond donors (Lipinski definition) is 1. The molecule has 7 rings (SSSR count). The molecule has 172 valence electrons. The van der Waals surface area contributed by atoms with Gasteiger partial charge < -0.3 is 10.1 Å². The first-order valence-corrected chi connectivity index (χ1v) is 12.8. The molecule has 3 aromatic rings. The van der Waals surface area contributed by atoms with Crippen molar-refractivity contribution in [3.63, 3.8) is 0 Å². The fraction of sp³-hybridized carbons (Fsp3) is 0.467. The van der Waals surface area contributed by atoms with Crippen LogP contribution in [0.25, 0.3) is 10.8 Å². The van der Waals surface area contributed by atoms with E-state index in [2.05, 4.69) is 55.6 Å². The Bertz CT molecular complexity index is 1180. The van der Waals surface area contributed by atoms with Crippen molar-refractivity contribution in [1.82, 2.24) is 5.32 Å². The maximum Gasteiger partial charge on any atom is 0.124 e. The van der Waals surface area contributed by atoms with Crippen LogP contribution in [0.15, 0.2) is 60.7 Å².